The van der Waals surface area contributed by atoms with Crippen molar-refractivity contribution in [3.8, 4) is 11.5 Å². The molecule has 0 bridgehead atoms. The SMILES string of the molecule is Cc1ncc(CC(=O)N2CCCC(C)(Cc3ccc4c(c3)OCO4)C2)c(=O)[nH]1. The third-order valence-electron chi connectivity index (χ3n) is 5.54. The number of ether oxygens (including phenoxy) is 2. The highest BCUT2D eigenvalue weighted by molar-refractivity contribution is 5.78. The van der Waals surface area contributed by atoms with Gasteiger partial charge in [0.15, 0.2) is 11.5 Å². The number of carbonyl (C=O) groups is 1. The van der Waals surface area contributed by atoms with Crippen LogP contribution in [0.1, 0.15) is 36.7 Å². The van der Waals surface area contributed by atoms with Crippen LogP contribution in [0.4, 0.5) is 0 Å². The Bertz CT molecular complexity index is 955. The number of H-pyrrole nitrogens is 1. The zero-order valence-electron chi connectivity index (χ0n) is 16.3. The Morgan fingerprint density at radius 2 is 2.14 bits per heavy atom. The molecule has 0 spiro atoms. The van der Waals surface area contributed by atoms with Crippen molar-refractivity contribution in [2.75, 3.05) is 19.9 Å². The number of piperidine rings is 1. The minimum absolute atomic E-state index is 0.0143. The molecule has 2 aliphatic heterocycles. The topological polar surface area (TPSA) is 84.5 Å². The number of carbonyl (C=O) groups excluding carboxylic acids is 1. The highest BCUT2D eigenvalue weighted by Crippen LogP contribution is 2.37. The van der Waals surface area contributed by atoms with E-state index in [4.69, 9.17) is 9.47 Å². The monoisotopic (exact) mass is 383 g/mol. The lowest BCUT2D eigenvalue weighted by molar-refractivity contribution is -0.133. The summed E-state index contributed by atoms with van der Waals surface area (Å²) in [7, 11) is 0. The summed E-state index contributed by atoms with van der Waals surface area (Å²) in [5, 5.41) is 0. The molecule has 1 N–H and O–H groups in total. The first-order valence-corrected chi connectivity index (χ1v) is 9.63. The number of hydrogen-bond acceptors (Lipinski definition) is 5. The number of nitrogens with one attached hydrogen (secondary N) is 1. The molecule has 1 aromatic carbocycles. The number of nitrogens with zero attached hydrogens (tertiary/aromatic N) is 2. The number of aryl methyl sites for hydroxylation is 1. The van der Waals surface area contributed by atoms with Crippen LogP contribution in [0.15, 0.2) is 29.2 Å². The van der Waals surface area contributed by atoms with Gasteiger partial charge in [-0.25, -0.2) is 4.98 Å². The maximum absolute atomic E-state index is 12.8. The van der Waals surface area contributed by atoms with Crippen LogP contribution in [-0.4, -0.2) is 40.7 Å². The smallest absolute Gasteiger partial charge is 0.254 e. The van der Waals surface area contributed by atoms with E-state index in [0.717, 1.165) is 37.3 Å². The Labute approximate surface area is 163 Å². The molecule has 7 heteroatoms. The molecule has 1 unspecified atom stereocenters. The Balaban J connectivity index is 1.44. The summed E-state index contributed by atoms with van der Waals surface area (Å²) in [5.74, 6) is 2.10. The summed E-state index contributed by atoms with van der Waals surface area (Å²) in [6.07, 6.45) is 4.46. The van der Waals surface area contributed by atoms with Gasteiger partial charge in [0.05, 0.1) is 6.42 Å². The van der Waals surface area contributed by atoms with Gasteiger partial charge in [-0.2, -0.15) is 0 Å². The van der Waals surface area contributed by atoms with E-state index in [2.05, 4.69) is 23.0 Å². The van der Waals surface area contributed by atoms with Gasteiger partial charge >= 0.3 is 0 Å². The second-order valence-electron chi connectivity index (χ2n) is 8.09. The Morgan fingerprint density at radius 3 is 2.96 bits per heavy atom. The van der Waals surface area contributed by atoms with Crippen molar-refractivity contribution in [3.05, 3.63) is 51.7 Å². The summed E-state index contributed by atoms with van der Waals surface area (Å²) in [6, 6.07) is 6.05. The van der Waals surface area contributed by atoms with Crippen molar-refractivity contribution in [2.24, 2.45) is 5.41 Å². The van der Waals surface area contributed by atoms with E-state index >= 15 is 0 Å². The van der Waals surface area contributed by atoms with E-state index in [9.17, 15) is 9.59 Å². The van der Waals surface area contributed by atoms with Gasteiger partial charge < -0.3 is 19.4 Å². The molecule has 0 radical (unpaired) electrons. The molecular formula is C21H25N3O4. The van der Waals surface area contributed by atoms with Gasteiger partial charge in [0.2, 0.25) is 12.7 Å². The number of benzene rings is 1. The van der Waals surface area contributed by atoms with E-state index in [1.807, 2.05) is 17.0 Å². The highest BCUT2D eigenvalue weighted by atomic mass is 16.7. The molecule has 0 saturated carbocycles. The molecular weight excluding hydrogens is 358 g/mol. The van der Waals surface area contributed by atoms with Gasteiger partial charge in [-0.1, -0.05) is 13.0 Å². The molecule has 2 aliphatic rings. The lowest BCUT2D eigenvalue weighted by Crippen LogP contribution is -2.46. The van der Waals surface area contributed by atoms with Crippen molar-refractivity contribution >= 4 is 5.91 Å². The first kappa shape index (κ1) is 18.5. The van der Waals surface area contributed by atoms with Crippen molar-refractivity contribution < 1.29 is 14.3 Å². The number of amides is 1. The fraction of sp³-hybridized carbons (Fsp3) is 0.476. The van der Waals surface area contributed by atoms with Crippen LogP contribution in [0.5, 0.6) is 11.5 Å². The number of likely N-dealkylation sites (tertiary alicyclic amines) is 1. The zero-order valence-corrected chi connectivity index (χ0v) is 16.3. The molecule has 28 heavy (non-hydrogen) atoms. The van der Waals surface area contributed by atoms with Crippen LogP contribution in [0.3, 0.4) is 0 Å². The maximum atomic E-state index is 12.8. The van der Waals surface area contributed by atoms with Crippen molar-refractivity contribution in [1.82, 2.24) is 14.9 Å². The van der Waals surface area contributed by atoms with Gasteiger partial charge in [0.25, 0.3) is 5.56 Å². The third kappa shape index (κ3) is 3.88. The lowest BCUT2D eigenvalue weighted by atomic mass is 9.77. The molecule has 1 fully saturated rings. The van der Waals surface area contributed by atoms with Crippen LogP contribution < -0.4 is 15.0 Å². The summed E-state index contributed by atoms with van der Waals surface area (Å²) in [5.41, 5.74) is 1.35. The molecule has 148 valence electrons. The summed E-state index contributed by atoms with van der Waals surface area (Å²) >= 11 is 0. The van der Waals surface area contributed by atoms with E-state index < -0.39 is 0 Å². The third-order valence-corrected chi connectivity index (χ3v) is 5.54. The Kier molecular flexibility index (Phi) is 4.83. The maximum Gasteiger partial charge on any atom is 0.254 e. The number of aromatic amines is 1. The van der Waals surface area contributed by atoms with Crippen molar-refractivity contribution in [3.63, 3.8) is 0 Å². The fourth-order valence-corrected chi connectivity index (χ4v) is 4.13. The van der Waals surface area contributed by atoms with Crippen LogP contribution in [-0.2, 0) is 17.6 Å². The number of aromatic nitrogens is 2. The molecule has 1 saturated heterocycles. The average Bonchev–Trinajstić information content (AvgIpc) is 3.11. The number of hydrogen-bond donors (Lipinski definition) is 1. The second-order valence-corrected chi connectivity index (χ2v) is 8.09. The minimum Gasteiger partial charge on any atom is -0.454 e. The Hall–Kier alpha value is -2.83. The van der Waals surface area contributed by atoms with E-state index in [1.54, 1.807) is 6.92 Å². The molecule has 2 aromatic rings. The van der Waals surface area contributed by atoms with Crippen LogP contribution in [0.25, 0.3) is 0 Å². The second kappa shape index (κ2) is 7.30. The van der Waals surface area contributed by atoms with Gasteiger partial charge in [-0.3, -0.25) is 9.59 Å². The molecule has 1 aromatic heterocycles. The Morgan fingerprint density at radius 1 is 1.32 bits per heavy atom. The van der Waals surface area contributed by atoms with Gasteiger partial charge in [0, 0.05) is 24.8 Å². The zero-order chi connectivity index (χ0) is 19.7. The standard InChI is InChI=1S/C21H25N3O4/c1-14-22-11-16(20(26)23-14)9-19(25)24-7-3-6-21(2,12-24)10-15-4-5-17-18(8-15)28-13-27-17/h4-5,8,11H,3,6-7,9-10,12-13H2,1-2H3,(H,22,23,26). The van der Waals surface area contributed by atoms with E-state index in [-0.39, 0.29) is 30.1 Å². The number of rotatable bonds is 4. The predicted octanol–water partition coefficient (Wildman–Crippen LogP) is 2.22. The summed E-state index contributed by atoms with van der Waals surface area (Å²) < 4.78 is 10.9. The van der Waals surface area contributed by atoms with Crippen molar-refractivity contribution in [2.45, 2.75) is 39.5 Å². The number of fused-ring (bicyclic) bond motifs is 1. The molecule has 1 atom stereocenters. The quantitative estimate of drug-likeness (QED) is 0.875. The molecule has 4 rings (SSSR count). The highest BCUT2D eigenvalue weighted by Gasteiger charge is 2.33. The van der Waals surface area contributed by atoms with Crippen molar-refractivity contribution in [1.29, 1.82) is 0 Å². The van der Waals surface area contributed by atoms with E-state index in [1.165, 1.54) is 11.8 Å². The molecule has 0 aliphatic carbocycles. The molecule has 1 amide bonds. The van der Waals surface area contributed by atoms with Crippen LogP contribution in [0.2, 0.25) is 0 Å². The largest absolute Gasteiger partial charge is 0.454 e. The van der Waals surface area contributed by atoms with Gasteiger partial charge in [-0.05, 0) is 49.3 Å². The fourth-order valence-electron chi connectivity index (χ4n) is 4.13. The lowest BCUT2D eigenvalue weighted by Gasteiger charge is -2.41. The first-order chi connectivity index (χ1) is 13.4. The normalized spacial score (nSPS) is 21.0. The van der Waals surface area contributed by atoms with Crippen LogP contribution in [0, 0.1) is 12.3 Å². The summed E-state index contributed by atoms with van der Waals surface area (Å²) in [4.78, 5) is 33.5. The van der Waals surface area contributed by atoms with Gasteiger partial charge in [0.1, 0.15) is 5.82 Å². The minimum atomic E-state index is -0.235. The van der Waals surface area contributed by atoms with Gasteiger partial charge in [-0.15, -0.1) is 0 Å². The molecule has 7 nitrogen and oxygen atoms in total. The van der Waals surface area contributed by atoms with E-state index in [0.29, 0.717) is 17.9 Å². The average molecular weight is 383 g/mol. The predicted molar refractivity (Wildman–Crippen MR) is 103 cm³/mol. The first-order valence-electron chi connectivity index (χ1n) is 9.63. The summed E-state index contributed by atoms with van der Waals surface area (Å²) in [6.45, 7) is 5.62. The molecule has 3 heterocycles. The van der Waals surface area contributed by atoms with Crippen LogP contribution >= 0.6 is 0 Å².